The van der Waals surface area contributed by atoms with Crippen molar-refractivity contribution in [2.24, 2.45) is 5.73 Å². The summed E-state index contributed by atoms with van der Waals surface area (Å²) in [6.45, 7) is 5.76. The van der Waals surface area contributed by atoms with Crippen LogP contribution in [0.5, 0.6) is 0 Å². The molecule has 0 aromatic heterocycles. The number of hydrogen-bond donors (Lipinski definition) is 2. The van der Waals surface area contributed by atoms with Gasteiger partial charge in [0.05, 0.1) is 11.8 Å². The Labute approximate surface area is 73.6 Å². The number of rotatable bonds is 4. The molecule has 0 aliphatic carbocycles. The first kappa shape index (κ1) is 12.1. The highest BCUT2D eigenvalue weighted by Crippen LogP contribution is 2.54. The van der Waals surface area contributed by atoms with Crippen molar-refractivity contribution in [1.29, 1.82) is 0 Å². The van der Waals surface area contributed by atoms with Crippen molar-refractivity contribution >= 4 is 7.60 Å². The summed E-state index contributed by atoms with van der Waals surface area (Å²) < 4.78 is 16.3. The van der Waals surface area contributed by atoms with Crippen molar-refractivity contribution in [3.05, 3.63) is 0 Å². The van der Waals surface area contributed by atoms with Crippen LogP contribution >= 0.6 is 7.60 Å². The van der Waals surface area contributed by atoms with Gasteiger partial charge in [-0.05, 0) is 33.7 Å². The third kappa shape index (κ3) is 3.68. The van der Waals surface area contributed by atoms with Gasteiger partial charge in [0.15, 0.2) is 0 Å². The van der Waals surface area contributed by atoms with Gasteiger partial charge >= 0.3 is 7.60 Å². The van der Waals surface area contributed by atoms with Crippen LogP contribution in [0.2, 0.25) is 0 Å². The fraction of sp³-hybridized carbons (Fsp3) is 1.00. The summed E-state index contributed by atoms with van der Waals surface area (Å²) in [7, 11) is -3.46. The van der Waals surface area contributed by atoms with Crippen molar-refractivity contribution in [3.63, 3.8) is 0 Å². The van der Waals surface area contributed by atoms with E-state index in [9.17, 15) is 9.46 Å². The van der Waals surface area contributed by atoms with E-state index >= 15 is 0 Å². The number of nitrogens with two attached hydrogens (primary N) is 1. The van der Waals surface area contributed by atoms with Gasteiger partial charge in [-0.3, -0.25) is 4.57 Å². The molecule has 74 valence electrons. The first-order valence-corrected chi connectivity index (χ1v) is 5.56. The molecule has 0 aromatic carbocycles. The molecule has 1 atom stereocenters. The van der Waals surface area contributed by atoms with Crippen LogP contribution in [-0.2, 0) is 9.09 Å². The van der Waals surface area contributed by atoms with Crippen LogP contribution in [0, 0.1) is 0 Å². The van der Waals surface area contributed by atoms with Gasteiger partial charge in [-0.1, -0.05) is 0 Å². The van der Waals surface area contributed by atoms with Gasteiger partial charge in [0.1, 0.15) is 0 Å². The summed E-state index contributed by atoms with van der Waals surface area (Å²) in [5, 5.41) is -0.707. The predicted molar refractivity (Wildman–Crippen MR) is 49.2 cm³/mol. The Bertz CT molecular complexity index is 176. The van der Waals surface area contributed by atoms with E-state index in [4.69, 9.17) is 10.3 Å². The second-order valence-corrected chi connectivity index (χ2v) is 6.31. The van der Waals surface area contributed by atoms with Crippen LogP contribution in [0.4, 0.5) is 0 Å². The summed E-state index contributed by atoms with van der Waals surface area (Å²) in [6, 6.07) is 0. The van der Waals surface area contributed by atoms with Gasteiger partial charge in [-0.2, -0.15) is 0 Å². The molecule has 0 rings (SSSR count). The van der Waals surface area contributed by atoms with Crippen molar-refractivity contribution < 1.29 is 14.0 Å². The molecule has 0 aliphatic heterocycles. The summed E-state index contributed by atoms with van der Waals surface area (Å²) in [6.07, 6.45) is 0.612. The predicted octanol–water partition coefficient (Wildman–Crippen LogP) is 1.34. The first-order valence-electron chi connectivity index (χ1n) is 3.99. The van der Waals surface area contributed by atoms with Crippen LogP contribution in [-0.4, -0.2) is 23.2 Å². The maximum absolute atomic E-state index is 11.4. The molecule has 0 saturated heterocycles. The summed E-state index contributed by atoms with van der Waals surface area (Å²) in [5.74, 6) is 0. The van der Waals surface area contributed by atoms with Gasteiger partial charge in [-0.15, -0.1) is 0 Å². The van der Waals surface area contributed by atoms with E-state index in [1.54, 1.807) is 20.8 Å². The zero-order chi connectivity index (χ0) is 9.83. The van der Waals surface area contributed by atoms with Crippen molar-refractivity contribution in [1.82, 2.24) is 0 Å². The van der Waals surface area contributed by atoms with E-state index < -0.39 is 12.8 Å². The van der Waals surface area contributed by atoms with Crippen LogP contribution in [0.1, 0.15) is 27.2 Å². The van der Waals surface area contributed by atoms with Crippen LogP contribution in [0.3, 0.4) is 0 Å². The second-order valence-electron chi connectivity index (χ2n) is 3.67. The van der Waals surface area contributed by atoms with Gasteiger partial charge in [-0.25, -0.2) is 0 Å². The lowest BCUT2D eigenvalue weighted by Crippen LogP contribution is -2.17. The standard InChI is InChI=1S/C7H18NO3P/c1-7(2,3)12(9,10)11-6-4-5-8/h4-6,8H2,1-3H3,(H,9,10). The summed E-state index contributed by atoms with van der Waals surface area (Å²) in [5.41, 5.74) is 5.22. The smallest absolute Gasteiger partial charge is 0.330 e. The molecule has 12 heavy (non-hydrogen) atoms. The van der Waals surface area contributed by atoms with E-state index in [-0.39, 0.29) is 6.61 Å². The van der Waals surface area contributed by atoms with Crippen molar-refractivity contribution in [2.75, 3.05) is 13.2 Å². The first-order chi connectivity index (χ1) is 5.31. The van der Waals surface area contributed by atoms with Crippen LogP contribution < -0.4 is 5.73 Å². The molecule has 0 radical (unpaired) electrons. The minimum absolute atomic E-state index is 0.252. The molecule has 0 aliphatic rings. The molecule has 5 heteroatoms. The Morgan fingerprint density at radius 2 is 2.00 bits per heavy atom. The lowest BCUT2D eigenvalue weighted by atomic mass is 10.3. The largest absolute Gasteiger partial charge is 0.333 e. The molecule has 4 nitrogen and oxygen atoms in total. The van der Waals surface area contributed by atoms with E-state index in [1.165, 1.54) is 0 Å². The molecule has 0 amide bonds. The topological polar surface area (TPSA) is 72.5 Å². The molecule has 0 fully saturated rings. The normalized spacial score (nSPS) is 17.4. The van der Waals surface area contributed by atoms with E-state index in [2.05, 4.69) is 0 Å². The zero-order valence-electron chi connectivity index (χ0n) is 7.91. The maximum atomic E-state index is 11.4. The molecule has 0 spiro atoms. The Kier molecular flexibility index (Phi) is 4.42. The van der Waals surface area contributed by atoms with Crippen molar-refractivity contribution in [2.45, 2.75) is 32.3 Å². The minimum Gasteiger partial charge on any atom is -0.330 e. The Morgan fingerprint density at radius 3 is 2.33 bits per heavy atom. The number of hydrogen-bond acceptors (Lipinski definition) is 3. The third-order valence-corrected chi connectivity index (χ3v) is 3.69. The highest BCUT2D eigenvalue weighted by atomic mass is 31.2. The van der Waals surface area contributed by atoms with Gasteiger partial charge < -0.3 is 15.2 Å². The van der Waals surface area contributed by atoms with Gasteiger partial charge in [0, 0.05) is 0 Å². The highest BCUT2D eigenvalue weighted by molar-refractivity contribution is 7.54. The SMILES string of the molecule is CC(C)(C)P(=O)(O)OCCCN. The molecule has 0 bridgehead atoms. The van der Waals surface area contributed by atoms with Crippen LogP contribution in [0.15, 0.2) is 0 Å². The Balaban J connectivity index is 3.98. The van der Waals surface area contributed by atoms with E-state index in [1.807, 2.05) is 0 Å². The lowest BCUT2D eigenvalue weighted by molar-refractivity contribution is 0.240. The monoisotopic (exact) mass is 195 g/mol. The molecular weight excluding hydrogens is 177 g/mol. The van der Waals surface area contributed by atoms with Gasteiger partial charge in [0.2, 0.25) is 0 Å². The average Bonchev–Trinajstić information content (AvgIpc) is 1.85. The molecular formula is C7H18NO3P. The van der Waals surface area contributed by atoms with E-state index in [0.717, 1.165) is 0 Å². The van der Waals surface area contributed by atoms with Crippen LogP contribution in [0.25, 0.3) is 0 Å². The minimum atomic E-state index is -3.46. The highest BCUT2D eigenvalue weighted by Gasteiger charge is 2.35. The fourth-order valence-electron chi connectivity index (χ4n) is 0.465. The maximum Gasteiger partial charge on any atom is 0.333 e. The fourth-order valence-corrected chi connectivity index (χ4v) is 1.23. The molecule has 0 aromatic rings. The Morgan fingerprint density at radius 1 is 1.50 bits per heavy atom. The molecule has 0 saturated carbocycles. The molecule has 1 unspecified atom stereocenters. The quantitative estimate of drug-likeness (QED) is 0.524. The van der Waals surface area contributed by atoms with Crippen molar-refractivity contribution in [3.8, 4) is 0 Å². The third-order valence-electron chi connectivity index (χ3n) is 1.46. The second kappa shape index (κ2) is 4.38. The Hall–Kier alpha value is 0.110. The zero-order valence-corrected chi connectivity index (χ0v) is 8.80. The lowest BCUT2D eigenvalue weighted by Gasteiger charge is -2.24. The van der Waals surface area contributed by atoms with E-state index in [0.29, 0.717) is 13.0 Å². The summed E-state index contributed by atoms with van der Waals surface area (Å²) in [4.78, 5) is 9.37. The average molecular weight is 195 g/mol. The molecule has 0 heterocycles. The van der Waals surface area contributed by atoms with Gasteiger partial charge in [0.25, 0.3) is 0 Å². The summed E-state index contributed by atoms with van der Waals surface area (Å²) >= 11 is 0. The molecule has 3 N–H and O–H groups in total.